The molecule has 0 radical (unpaired) electrons. The Morgan fingerprint density at radius 3 is 2.53 bits per heavy atom. The molecule has 90 valence electrons. The molecule has 1 N–H and O–H groups in total. The standard InChI is InChI=1S/C12H26N2O/c1-4-12(2,3)11-13-5-6-14-7-9-15-10-8-14/h13H,4-11H2,1-3H3. The minimum absolute atomic E-state index is 0.436. The van der Waals surface area contributed by atoms with Crippen LogP contribution in [0.2, 0.25) is 0 Å². The van der Waals surface area contributed by atoms with Gasteiger partial charge in [0.1, 0.15) is 0 Å². The molecule has 1 rings (SSSR count). The average Bonchev–Trinajstić information content (AvgIpc) is 2.26. The zero-order chi connectivity index (χ0) is 11.1. The van der Waals surface area contributed by atoms with Crippen LogP contribution in [-0.4, -0.2) is 50.8 Å². The molecular weight excluding hydrogens is 188 g/mol. The number of hydrogen-bond acceptors (Lipinski definition) is 3. The number of nitrogens with zero attached hydrogens (tertiary/aromatic N) is 1. The first-order valence-electron chi connectivity index (χ1n) is 6.15. The van der Waals surface area contributed by atoms with Crippen LogP contribution in [0, 0.1) is 5.41 Å². The lowest BCUT2D eigenvalue weighted by Gasteiger charge is -2.28. The van der Waals surface area contributed by atoms with E-state index in [2.05, 4.69) is 31.0 Å². The first kappa shape index (κ1) is 12.9. The molecule has 0 amide bonds. The van der Waals surface area contributed by atoms with Gasteiger partial charge in [0.15, 0.2) is 0 Å². The van der Waals surface area contributed by atoms with Gasteiger partial charge in [-0.15, -0.1) is 0 Å². The van der Waals surface area contributed by atoms with Crippen molar-refractivity contribution >= 4 is 0 Å². The largest absolute Gasteiger partial charge is 0.379 e. The third kappa shape index (κ3) is 5.50. The SMILES string of the molecule is CCC(C)(C)CNCCN1CCOCC1. The van der Waals surface area contributed by atoms with Gasteiger partial charge in [-0.1, -0.05) is 20.8 Å². The first-order chi connectivity index (χ1) is 7.14. The molecule has 1 aliphatic rings. The molecular formula is C12H26N2O. The van der Waals surface area contributed by atoms with Crippen LogP contribution < -0.4 is 5.32 Å². The molecule has 0 saturated carbocycles. The molecule has 3 heteroatoms. The number of hydrogen-bond donors (Lipinski definition) is 1. The number of nitrogens with one attached hydrogen (secondary N) is 1. The molecule has 0 spiro atoms. The monoisotopic (exact) mass is 214 g/mol. The highest BCUT2D eigenvalue weighted by Gasteiger charge is 2.14. The van der Waals surface area contributed by atoms with Crippen molar-refractivity contribution in [3.8, 4) is 0 Å². The second kappa shape index (κ2) is 6.46. The van der Waals surface area contributed by atoms with E-state index in [1.165, 1.54) is 6.42 Å². The Morgan fingerprint density at radius 2 is 1.93 bits per heavy atom. The molecule has 3 nitrogen and oxygen atoms in total. The van der Waals surface area contributed by atoms with Crippen LogP contribution in [0.25, 0.3) is 0 Å². The molecule has 0 unspecified atom stereocenters. The van der Waals surface area contributed by atoms with E-state index in [1.54, 1.807) is 0 Å². The fraction of sp³-hybridized carbons (Fsp3) is 1.00. The van der Waals surface area contributed by atoms with Crippen LogP contribution in [0.15, 0.2) is 0 Å². The highest BCUT2D eigenvalue weighted by atomic mass is 16.5. The maximum Gasteiger partial charge on any atom is 0.0594 e. The van der Waals surface area contributed by atoms with Gasteiger partial charge in [0, 0.05) is 32.7 Å². The van der Waals surface area contributed by atoms with Gasteiger partial charge in [0.05, 0.1) is 13.2 Å². The third-order valence-electron chi connectivity index (χ3n) is 3.27. The summed E-state index contributed by atoms with van der Waals surface area (Å²) >= 11 is 0. The van der Waals surface area contributed by atoms with Gasteiger partial charge in [-0.2, -0.15) is 0 Å². The molecule has 15 heavy (non-hydrogen) atoms. The summed E-state index contributed by atoms with van der Waals surface area (Å²) < 4.78 is 5.32. The smallest absolute Gasteiger partial charge is 0.0594 e. The van der Waals surface area contributed by atoms with E-state index in [1.807, 2.05) is 0 Å². The lowest BCUT2D eigenvalue weighted by molar-refractivity contribution is 0.0382. The highest BCUT2D eigenvalue weighted by molar-refractivity contribution is 4.70. The Kier molecular flexibility index (Phi) is 5.58. The minimum Gasteiger partial charge on any atom is -0.379 e. The van der Waals surface area contributed by atoms with Crippen molar-refractivity contribution < 1.29 is 4.74 Å². The summed E-state index contributed by atoms with van der Waals surface area (Å²) in [5, 5.41) is 3.54. The normalized spacial score (nSPS) is 19.4. The zero-order valence-electron chi connectivity index (χ0n) is 10.5. The summed E-state index contributed by atoms with van der Waals surface area (Å²) in [6.45, 7) is 14.3. The first-order valence-corrected chi connectivity index (χ1v) is 6.15. The lowest BCUT2D eigenvalue weighted by atomic mass is 9.90. The maximum atomic E-state index is 5.32. The van der Waals surface area contributed by atoms with Gasteiger partial charge < -0.3 is 10.1 Å². The van der Waals surface area contributed by atoms with Gasteiger partial charge >= 0.3 is 0 Å². The molecule has 1 aliphatic heterocycles. The Labute approximate surface area is 94.2 Å². The topological polar surface area (TPSA) is 24.5 Å². The summed E-state index contributed by atoms with van der Waals surface area (Å²) in [7, 11) is 0. The molecule has 1 saturated heterocycles. The van der Waals surface area contributed by atoms with Crippen LogP contribution >= 0.6 is 0 Å². The van der Waals surface area contributed by atoms with Crippen molar-refractivity contribution in [1.29, 1.82) is 0 Å². The molecule has 1 heterocycles. The van der Waals surface area contributed by atoms with E-state index >= 15 is 0 Å². The quantitative estimate of drug-likeness (QED) is 0.675. The van der Waals surface area contributed by atoms with Crippen LogP contribution in [0.5, 0.6) is 0 Å². The van der Waals surface area contributed by atoms with Crippen LogP contribution in [-0.2, 0) is 4.74 Å². The highest BCUT2D eigenvalue weighted by Crippen LogP contribution is 2.17. The molecule has 1 fully saturated rings. The second-order valence-electron chi connectivity index (χ2n) is 5.15. The fourth-order valence-electron chi connectivity index (χ4n) is 1.61. The molecule has 0 atom stereocenters. The summed E-state index contributed by atoms with van der Waals surface area (Å²) in [6.07, 6.45) is 1.23. The lowest BCUT2D eigenvalue weighted by Crippen LogP contribution is -2.41. The fourth-order valence-corrected chi connectivity index (χ4v) is 1.61. The zero-order valence-corrected chi connectivity index (χ0v) is 10.5. The number of ether oxygens (including phenoxy) is 1. The summed E-state index contributed by atoms with van der Waals surface area (Å²) in [4.78, 5) is 2.47. The summed E-state index contributed by atoms with van der Waals surface area (Å²) in [5.41, 5.74) is 0.436. The van der Waals surface area contributed by atoms with Gasteiger partial charge in [-0.05, 0) is 11.8 Å². The summed E-state index contributed by atoms with van der Waals surface area (Å²) in [5.74, 6) is 0. The van der Waals surface area contributed by atoms with E-state index in [0.29, 0.717) is 5.41 Å². The number of morpholine rings is 1. The predicted molar refractivity (Wildman–Crippen MR) is 64.2 cm³/mol. The molecule has 0 aliphatic carbocycles. The van der Waals surface area contributed by atoms with Gasteiger partial charge in [-0.25, -0.2) is 0 Å². The Morgan fingerprint density at radius 1 is 1.27 bits per heavy atom. The van der Waals surface area contributed by atoms with Crippen molar-refractivity contribution in [2.75, 3.05) is 45.9 Å². The van der Waals surface area contributed by atoms with Crippen molar-refractivity contribution in [2.45, 2.75) is 27.2 Å². The van der Waals surface area contributed by atoms with E-state index in [-0.39, 0.29) is 0 Å². The molecule has 0 bridgehead atoms. The van der Waals surface area contributed by atoms with E-state index < -0.39 is 0 Å². The van der Waals surface area contributed by atoms with Gasteiger partial charge in [0.25, 0.3) is 0 Å². The van der Waals surface area contributed by atoms with Crippen molar-refractivity contribution in [3.63, 3.8) is 0 Å². The Balaban J connectivity index is 2.00. The van der Waals surface area contributed by atoms with E-state index in [4.69, 9.17) is 4.74 Å². The van der Waals surface area contributed by atoms with Crippen molar-refractivity contribution in [3.05, 3.63) is 0 Å². The summed E-state index contributed by atoms with van der Waals surface area (Å²) in [6, 6.07) is 0. The maximum absolute atomic E-state index is 5.32. The average molecular weight is 214 g/mol. The predicted octanol–water partition coefficient (Wildman–Crippen LogP) is 1.34. The molecule has 0 aromatic carbocycles. The van der Waals surface area contributed by atoms with Crippen LogP contribution in [0.4, 0.5) is 0 Å². The van der Waals surface area contributed by atoms with Crippen LogP contribution in [0.1, 0.15) is 27.2 Å². The minimum atomic E-state index is 0.436. The van der Waals surface area contributed by atoms with Gasteiger partial charge in [0.2, 0.25) is 0 Å². The van der Waals surface area contributed by atoms with E-state index in [9.17, 15) is 0 Å². The van der Waals surface area contributed by atoms with Crippen LogP contribution in [0.3, 0.4) is 0 Å². The Bertz CT molecular complexity index is 165. The number of rotatable bonds is 6. The van der Waals surface area contributed by atoms with Crippen molar-refractivity contribution in [2.24, 2.45) is 5.41 Å². The Hall–Kier alpha value is -0.120. The third-order valence-corrected chi connectivity index (χ3v) is 3.27. The van der Waals surface area contributed by atoms with E-state index in [0.717, 1.165) is 45.9 Å². The second-order valence-corrected chi connectivity index (χ2v) is 5.15. The molecule has 0 aromatic rings. The van der Waals surface area contributed by atoms with Gasteiger partial charge in [-0.3, -0.25) is 4.90 Å². The van der Waals surface area contributed by atoms with Crippen molar-refractivity contribution in [1.82, 2.24) is 10.2 Å². The molecule has 0 aromatic heterocycles.